The number of para-hydroxylation sites is 1. The summed E-state index contributed by atoms with van der Waals surface area (Å²) >= 11 is 1.83. The van der Waals surface area contributed by atoms with Crippen LogP contribution in [-0.2, 0) is 19.9 Å². The minimum absolute atomic E-state index is 0.0695. The number of carbonyl (C=O) groups is 2. The number of fused-ring (bicyclic) bond motifs is 4. The van der Waals surface area contributed by atoms with Gasteiger partial charge in [0.15, 0.2) is 5.54 Å². The van der Waals surface area contributed by atoms with E-state index in [0.717, 1.165) is 22.9 Å². The number of nitrogens with one attached hydrogen (secondary N) is 1. The Balaban J connectivity index is 1.88. The van der Waals surface area contributed by atoms with Crippen molar-refractivity contribution in [2.45, 2.75) is 31.0 Å². The van der Waals surface area contributed by atoms with Gasteiger partial charge in [-0.2, -0.15) is 0 Å². The number of carbonyl (C=O) groups excluding carboxylic acids is 2. The van der Waals surface area contributed by atoms with Crippen LogP contribution in [0.1, 0.15) is 18.9 Å². The van der Waals surface area contributed by atoms with Crippen LogP contribution < -0.4 is 5.32 Å². The number of rotatable bonds is 1. The molecule has 3 aliphatic rings. The Kier molecular flexibility index (Phi) is 2.81. The van der Waals surface area contributed by atoms with Crippen LogP contribution in [0.25, 0.3) is 0 Å². The summed E-state index contributed by atoms with van der Waals surface area (Å²) in [6, 6.07) is 8.00. The van der Waals surface area contributed by atoms with Crippen LogP contribution >= 0.6 is 11.8 Å². The van der Waals surface area contributed by atoms with Gasteiger partial charge < -0.3 is 10.1 Å². The lowest BCUT2D eigenvalue weighted by Gasteiger charge is -2.35. The Morgan fingerprint density at radius 1 is 1.48 bits per heavy atom. The molecule has 5 nitrogen and oxygen atoms in total. The van der Waals surface area contributed by atoms with Gasteiger partial charge in [0.25, 0.3) is 5.91 Å². The first kappa shape index (κ1) is 13.2. The average molecular weight is 304 g/mol. The van der Waals surface area contributed by atoms with Crippen molar-refractivity contribution in [3.8, 4) is 0 Å². The summed E-state index contributed by atoms with van der Waals surface area (Å²) in [5.41, 5.74) is 0.916. The second kappa shape index (κ2) is 4.48. The second-order valence-electron chi connectivity index (χ2n) is 5.72. The molecule has 0 unspecified atom stereocenters. The largest absolute Gasteiger partial charge is 0.460 e. The van der Waals surface area contributed by atoms with Crippen molar-refractivity contribution < 1.29 is 14.3 Å². The molecule has 1 aromatic carbocycles. The number of hydrogen-bond donors (Lipinski definition) is 1. The van der Waals surface area contributed by atoms with Crippen LogP contribution in [0, 0.1) is 0 Å². The molecule has 3 aliphatic heterocycles. The molecule has 0 radical (unpaired) electrons. The normalized spacial score (nSPS) is 33.9. The van der Waals surface area contributed by atoms with E-state index in [1.165, 1.54) is 6.92 Å². The van der Waals surface area contributed by atoms with Gasteiger partial charge in [-0.3, -0.25) is 14.5 Å². The Hall–Kier alpha value is -1.53. The van der Waals surface area contributed by atoms with Crippen LogP contribution in [-0.4, -0.2) is 40.6 Å². The van der Waals surface area contributed by atoms with Crippen LogP contribution in [0.3, 0.4) is 0 Å². The maximum atomic E-state index is 12.8. The van der Waals surface area contributed by atoms with E-state index in [4.69, 9.17) is 4.74 Å². The quantitative estimate of drug-likeness (QED) is 0.798. The smallest absolute Gasteiger partial charge is 0.302 e. The molecule has 0 aromatic heterocycles. The van der Waals surface area contributed by atoms with Gasteiger partial charge >= 0.3 is 5.97 Å². The lowest BCUT2D eigenvalue weighted by atomic mass is 9.86. The van der Waals surface area contributed by atoms with Gasteiger partial charge in [-0.1, -0.05) is 18.2 Å². The summed E-state index contributed by atoms with van der Waals surface area (Å²) in [5.74, 6) is 1.38. The summed E-state index contributed by atoms with van der Waals surface area (Å²) < 4.78 is 5.56. The zero-order valence-corrected chi connectivity index (χ0v) is 12.5. The maximum absolute atomic E-state index is 12.8. The van der Waals surface area contributed by atoms with E-state index in [1.54, 1.807) is 0 Å². The van der Waals surface area contributed by atoms with Crippen molar-refractivity contribution in [2.24, 2.45) is 0 Å². The Morgan fingerprint density at radius 3 is 3.10 bits per heavy atom. The van der Waals surface area contributed by atoms with Gasteiger partial charge in [-0.15, -0.1) is 11.8 Å². The third-order valence-electron chi connectivity index (χ3n) is 4.63. The number of ether oxygens (including phenoxy) is 1. The van der Waals surface area contributed by atoms with E-state index >= 15 is 0 Å². The first-order chi connectivity index (χ1) is 10.1. The number of hydrogen-bond acceptors (Lipinski definition) is 5. The molecule has 2 saturated heterocycles. The highest BCUT2D eigenvalue weighted by molar-refractivity contribution is 7.99. The standard InChI is InChI=1S/C15H16N2O3S/c1-9(18)20-13-6-10-7-21-8-17(10)15(13)11-4-2-3-5-12(11)16-14(15)19/h2-5,10,13H,6-8H2,1H3,(H,16,19)/t10-,13+,15+/m1/s1. The van der Waals surface area contributed by atoms with Gasteiger partial charge in [0.1, 0.15) is 6.10 Å². The number of nitrogens with zero attached hydrogens (tertiary/aromatic N) is 1. The Labute approximate surface area is 127 Å². The molecule has 0 aliphatic carbocycles. The van der Waals surface area contributed by atoms with Gasteiger partial charge in [-0.25, -0.2) is 0 Å². The van der Waals surface area contributed by atoms with Gasteiger partial charge in [0, 0.05) is 42.3 Å². The van der Waals surface area contributed by atoms with E-state index in [9.17, 15) is 9.59 Å². The average Bonchev–Trinajstić information content (AvgIpc) is 3.06. The topological polar surface area (TPSA) is 58.6 Å². The second-order valence-corrected chi connectivity index (χ2v) is 6.72. The molecular weight excluding hydrogens is 288 g/mol. The number of thioether (sulfide) groups is 1. The van der Waals surface area contributed by atoms with Crippen molar-refractivity contribution in [1.29, 1.82) is 0 Å². The number of anilines is 1. The third-order valence-corrected chi connectivity index (χ3v) is 5.71. The fourth-order valence-corrected chi connectivity index (χ4v) is 5.18. The van der Waals surface area contributed by atoms with Crippen molar-refractivity contribution in [3.05, 3.63) is 29.8 Å². The molecule has 1 aromatic rings. The summed E-state index contributed by atoms with van der Waals surface area (Å²) in [6.07, 6.45) is 0.304. The van der Waals surface area contributed by atoms with Crippen LogP contribution in [0.4, 0.5) is 5.69 Å². The first-order valence-corrected chi connectivity index (χ1v) is 8.22. The van der Waals surface area contributed by atoms with Crippen LogP contribution in [0.15, 0.2) is 24.3 Å². The molecule has 1 N–H and O–H groups in total. The molecule has 1 amide bonds. The van der Waals surface area contributed by atoms with Gasteiger partial charge in [0.2, 0.25) is 0 Å². The minimum Gasteiger partial charge on any atom is -0.460 e. The fourth-order valence-electron chi connectivity index (χ4n) is 3.87. The SMILES string of the molecule is CC(=O)O[C@H]1C[C@@H]2CSCN2[C@]12C(=O)Nc1ccccc12. The number of amides is 1. The molecule has 1 spiro atoms. The Bertz CT molecular complexity index is 635. The highest BCUT2D eigenvalue weighted by atomic mass is 32.2. The lowest BCUT2D eigenvalue weighted by Crippen LogP contribution is -2.53. The van der Waals surface area contributed by atoms with Crippen molar-refractivity contribution in [1.82, 2.24) is 4.90 Å². The molecule has 4 rings (SSSR count). The zero-order valence-electron chi connectivity index (χ0n) is 11.7. The molecular formula is C15H16N2O3S. The fraction of sp³-hybridized carbons (Fsp3) is 0.467. The maximum Gasteiger partial charge on any atom is 0.302 e. The Morgan fingerprint density at radius 2 is 2.29 bits per heavy atom. The molecule has 6 heteroatoms. The summed E-state index contributed by atoms with van der Waals surface area (Å²) in [7, 11) is 0. The number of benzene rings is 1. The minimum atomic E-state index is -0.851. The zero-order chi connectivity index (χ0) is 14.6. The monoisotopic (exact) mass is 304 g/mol. The van der Waals surface area contributed by atoms with Crippen molar-refractivity contribution in [3.63, 3.8) is 0 Å². The van der Waals surface area contributed by atoms with E-state index in [-0.39, 0.29) is 17.9 Å². The summed E-state index contributed by atoms with van der Waals surface area (Å²) in [5, 5.41) is 2.96. The molecule has 0 saturated carbocycles. The highest BCUT2D eigenvalue weighted by Gasteiger charge is 2.65. The molecule has 110 valence electrons. The van der Waals surface area contributed by atoms with Crippen LogP contribution in [0.5, 0.6) is 0 Å². The van der Waals surface area contributed by atoms with Crippen LogP contribution in [0.2, 0.25) is 0 Å². The predicted molar refractivity (Wildman–Crippen MR) is 79.9 cm³/mol. The first-order valence-electron chi connectivity index (χ1n) is 7.06. The molecule has 3 heterocycles. The van der Waals surface area contributed by atoms with Gasteiger partial charge in [-0.05, 0) is 6.07 Å². The summed E-state index contributed by atoms with van der Waals surface area (Å²) in [6.45, 7) is 1.41. The van der Waals surface area contributed by atoms with Crippen molar-refractivity contribution >= 4 is 29.3 Å². The van der Waals surface area contributed by atoms with Gasteiger partial charge in [0.05, 0.1) is 0 Å². The van der Waals surface area contributed by atoms with E-state index in [2.05, 4.69) is 10.2 Å². The predicted octanol–water partition coefficient (Wildman–Crippen LogP) is 1.54. The molecule has 2 fully saturated rings. The summed E-state index contributed by atoms with van der Waals surface area (Å²) in [4.78, 5) is 26.6. The number of esters is 1. The lowest BCUT2D eigenvalue weighted by molar-refractivity contribution is -0.154. The van der Waals surface area contributed by atoms with E-state index in [0.29, 0.717) is 6.42 Å². The van der Waals surface area contributed by atoms with E-state index < -0.39 is 11.6 Å². The molecule has 21 heavy (non-hydrogen) atoms. The highest BCUT2D eigenvalue weighted by Crippen LogP contribution is 2.53. The van der Waals surface area contributed by atoms with Crippen molar-refractivity contribution in [2.75, 3.05) is 16.9 Å². The molecule has 0 bridgehead atoms. The molecule has 3 atom stereocenters. The third kappa shape index (κ3) is 1.63. The van der Waals surface area contributed by atoms with E-state index in [1.807, 2.05) is 36.0 Å².